The molecule has 0 aromatic carbocycles. The SMILES string of the molecule is CC1(NC(=O)O[C@@H]2CC[C@H](c3cc(NC(=O)Cc4ccc5ncccc5n4)n[nH]3)C2)CC1. The summed E-state index contributed by atoms with van der Waals surface area (Å²) in [6, 6.07) is 9.22. The highest BCUT2D eigenvalue weighted by Gasteiger charge is 2.40. The molecule has 0 bridgehead atoms. The molecule has 0 saturated heterocycles. The fourth-order valence-electron chi connectivity index (χ4n) is 4.13. The molecule has 3 aromatic heterocycles. The second-order valence-electron chi connectivity index (χ2n) is 9.00. The third-order valence-corrected chi connectivity index (χ3v) is 6.22. The molecule has 3 aromatic rings. The van der Waals surface area contributed by atoms with Crippen molar-refractivity contribution in [2.75, 3.05) is 5.32 Å². The molecule has 9 heteroatoms. The molecule has 2 atom stereocenters. The Labute approximate surface area is 185 Å². The van der Waals surface area contributed by atoms with Gasteiger partial charge in [0.25, 0.3) is 0 Å². The number of aromatic nitrogens is 4. The number of rotatable bonds is 6. The van der Waals surface area contributed by atoms with E-state index in [9.17, 15) is 9.59 Å². The molecule has 0 spiro atoms. The first kappa shape index (κ1) is 20.4. The molecule has 32 heavy (non-hydrogen) atoms. The number of nitrogens with one attached hydrogen (secondary N) is 3. The van der Waals surface area contributed by atoms with Crippen molar-refractivity contribution in [3.8, 4) is 0 Å². The number of hydrogen-bond acceptors (Lipinski definition) is 6. The van der Waals surface area contributed by atoms with Gasteiger partial charge in [-0.05, 0) is 63.3 Å². The van der Waals surface area contributed by atoms with Crippen LogP contribution in [0.1, 0.15) is 56.3 Å². The van der Waals surface area contributed by atoms with Crippen LogP contribution in [0.15, 0.2) is 36.5 Å². The maximum Gasteiger partial charge on any atom is 0.407 e. The van der Waals surface area contributed by atoms with Crippen molar-refractivity contribution in [2.24, 2.45) is 0 Å². The number of nitrogens with zero attached hydrogens (tertiary/aromatic N) is 3. The predicted octanol–water partition coefficient (Wildman–Crippen LogP) is 3.45. The Morgan fingerprint density at radius 2 is 2.09 bits per heavy atom. The van der Waals surface area contributed by atoms with Gasteiger partial charge in [-0.15, -0.1) is 0 Å². The van der Waals surface area contributed by atoms with E-state index in [-0.39, 0.29) is 36.0 Å². The first-order valence-corrected chi connectivity index (χ1v) is 11.0. The van der Waals surface area contributed by atoms with Gasteiger partial charge >= 0.3 is 6.09 Å². The van der Waals surface area contributed by atoms with Gasteiger partial charge in [-0.1, -0.05) is 0 Å². The van der Waals surface area contributed by atoms with Gasteiger partial charge in [-0.2, -0.15) is 5.10 Å². The fourth-order valence-corrected chi connectivity index (χ4v) is 4.13. The van der Waals surface area contributed by atoms with E-state index in [4.69, 9.17) is 4.74 Å². The number of fused-ring (bicyclic) bond motifs is 1. The van der Waals surface area contributed by atoms with E-state index in [0.29, 0.717) is 11.5 Å². The molecule has 2 saturated carbocycles. The van der Waals surface area contributed by atoms with Crippen molar-refractivity contribution in [3.05, 3.63) is 47.9 Å². The van der Waals surface area contributed by atoms with Gasteiger partial charge in [0.2, 0.25) is 5.91 Å². The van der Waals surface area contributed by atoms with E-state index < -0.39 is 0 Å². The van der Waals surface area contributed by atoms with Gasteiger partial charge in [0.05, 0.1) is 23.1 Å². The van der Waals surface area contributed by atoms with Crippen molar-refractivity contribution in [2.45, 2.75) is 63.0 Å². The highest BCUT2D eigenvalue weighted by atomic mass is 16.6. The number of aromatic amines is 1. The minimum Gasteiger partial charge on any atom is -0.446 e. The van der Waals surface area contributed by atoms with Crippen molar-refractivity contribution < 1.29 is 14.3 Å². The molecule has 5 rings (SSSR count). The largest absolute Gasteiger partial charge is 0.446 e. The number of pyridine rings is 2. The summed E-state index contributed by atoms with van der Waals surface area (Å²) in [5, 5.41) is 13.0. The van der Waals surface area contributed by atoms with E-state index in [1.165, 1.54) is 0 Å². The molecule has 2 fully saturated rings. The zero-order valence-electron chi connectivity index (χ0n) is 17.9. The Bertz CT molecular complexity index is 1160. The monoisotopic (exact) mass is 434 g/mol. The van der Waals surface area contributed by atoms with Crippen LogP contribution >= 0.6 is 0 Å². The van der Waals surface area contributed by atoms with Crippen LogP contribution in [-0.2, 0) is 16.0 Å². The molecule has 0 radical (unpaired) electrons. The molecule has 0 aliphatic heterocycles. The Balaban J connectivity index is 1.13. The first-order chi connectivity index (χ1) is 15.5. The van der Waals surface area contributed by atoms with Crippen molar-refractivity contribution in [1.82, 2.24) is 25.5 Å². The molecule has 2 aliphatic rings. The number of anilines is 1. The number of H-pyrrole nitrogens is 1. The fraction of sp³-hybridized carbons (Fsp3) is 0.435. The van der Waals surface area contributed by atoms with Crippen LogP contribution < -0.4 is 10.6 Å². The summed E-state index contributed by atoms with van der Waals surface area (Å²) in [7, 11) is 0. The van der Waals surface area contributed by atoms with Crippen molar-refractivity contribution >= 4 is 28.9 Å². The summed E-state index contributed by atoms with van der Waals surface area (Å²) in [6.07, 6.45) is 5.92. The average Bonchev–Trinajstić information content (AvgIpc) is 3.14. The number of alkyl carbamates (subject to hydrolysis) is 1. The Morgan fingerprint density at radius 1 is 1.22 bits per heavy atom. The van der Waals surface area contributed by atoms with Crippen LogP contribution in [0.3, 0.4) is 0 Å². The lowest BCUT2D eigenvalue weighted by Gasteiger charge is -2.16. The number of carbonyl (C=O) groups is 2. The third-order valence-electron chi connectivity index (χ3n) is 6.22. The van der Waals surface area contributed by atoms with Crippen molar-refractivity contribution in [3.63, 3.8) is 0 Å². The van der Waals surface area contributed by atoms with Crippen LogP contribution in [0.2, 0.25) is 0 Å². The third kappa shape index (κ3) is 4.71. The van der Waals surface area contributed by atoms with Gasteiger partial charge < -0.3 is 15.4 Å². The first-order valence-electron chi connectivity index (χ1n) is 11.0. The van der Waals surface area contributed by atoms with Gasteiger partial charge in [0, 0.05) is 29.4 Å². The zero-order chi connectivity index (χ0) is 22.1. The normalized spacial score (nSPS) is 21.3. The molecule has 3 heterocycles. The smallest absolute Gasteiger partial charge is 0.407 e. The van der Waals surface area contributed by atoms with Crippen LogP contribution in [0.4, 0.5) is 10.6 Å². The lowest BCUT2D eigenvalue weighted by Crippen LogP contribution is -2.36. The number of carbonyl (C=O) groups excluding carboxylic acids is 2. The Morgan fingerprint density at radius 3 is 2.94 bits per heavy atom. The van der Waals surface area contributed by atoms with Crippen LogP contribution in [-0.4, -0.2) is 43.8 Å². The molecular weight excluding hydrogens is 408 g/mol. The molecule has 166 valence electrons. The number of ether oxygens (including phenoxy) is 1. The molecule has 3 N–H and O–H groups in total. The van der Waals surface area contributed by atoms with Crippen LogP contribution in [0, 0.1) is 0 Å². The summed E-state index contributed by atoms with van der Waals surface area (Å²) in [4.78, 5) is 33.2. The van der Waals surface area contributed by atoms with Crippen LogP contribution in [0.25, 0.3) is 11.0 Å². The van der Waals surface area contributed by atoms with Gasteiger partial charge in [0.1, 0.15) is 6.10 Å². The van der Waals surface area contributed by atoms with Gasteiger partial charge in [-0.3, -0.25) is 19.9 Å². The molecule has 9 nitrogen and oxygen atoms in total. The van der Waals surface area contributed by atoms with E-state index in [2.05, 4.69) is 30.8 Å². The van der Waals surface area contributed by atoms with Crippen molar-refractivity contribution in [1.29, 1.82) is 0 Å². The molecule has 2 amide bonds. The molecule has 2 aliphatic carbocycles. The lowest BCUT2D eigenvalue weighted by atomic mass is 10.0. The van der Waals surface area contributed by atoms with E-state index in [1.807, 2.05) is 37.3 Å². The zero-order valence-corrected chi connectivity index (χ0v) is 17.9. The maximum absolute atomic E-state index is 12.5. The minimum absolute atomic E-state index is 0.0785. The quantitative estimate of drug-likeness (QED) is 0.546. The predicted molar refractivity (Wildman–Crippen MR) is 118 cm³/mol. The highest BCUT2D eigenvalue weighted by molar-refractivity contribution is 5.91. The summed E-state index contributed by atoms with van der Waals surface area (Å²) >= 11 is 0. The van der Waals surface area contributed by atoms with E-state index in [1.54, 1.807) is 6.20 Å². The molecule has 0 unspecified atom stereocenters. The van der Waals surface area contributed by atoms with E-state index >= 15 is 0 Å². The highest BCUT2D eigenvalue weighted by Crippen LogP contribution is 2.37. The number of amides is 2. The van der Waals surface area contributed by atoms with Crippen LogP contribution in [0.5, 0.6) is 0 Å². The minimum atomic E-state index is -0.328. The maximum atomic E-state index is 12.5. The summed E-state index contributed by atoms with van der Waals surface area (Å²) < 4.78 is 5.58. The standard InChI is InChI=1S/C23H26N6O3/c1-23(8-9-23)27-22(31)32-16-6-4-14(11-16)19-13-20(29-28-19)26-21(30)12-15-5-7-17-18(25-15)3-2-10-24-17/h2-3,5,7,10,13-14,16H,4,6,8-9,11-12H2,1H3,(H,27,31)(H2,26,28,29,30)/t14-,16+/m0/s1. The van der Waals surface area contributed by atoms with Gasteiger partial charge in [0.15, 0.2) is 5.82 Å². The summed E-state index contributed by atoms with van der Waals surface area (Å²) in [6.45, 7) is 2.03. The topological polar surface area (TPSA) is 122 Å². The van der Waals surface area contributed by atoms with Gasteiger partial charge in [-0.25, -0.2) is 4.79 Å². The Kier molecular flexibility index (Phi) is 5.24. The lowest BCUT2D eigenvalue weighted by molar-refractivity contribution is -0.115. The summed E-state index contributed by atoms with van der Waals surface area (Å²) in [5.74, 6) is 0.519. The van der Waals surface area contributed by atoms with E-state index in [0.717, 1.165) is 48.8 Å². The summed E-state index contributed by atoms with van der Waals surface area (Å²) in [5.41, 5.74) is 3.10. The second kappa shape index (κ2) is 8.22. The molecular formula is C23H26N6O3. The second-order valence-corrected chi connectivity index (χ2v) is 9.00. The Hall–Kier alpha value is -3.49. The number of hydrogen-bond donors (Lipinski definition) is 3. The average molecular weight is 435 g/mol.